The molecule has 0 radical (unpaired) electrons. The molecule has 2 heterocycles. The van der Waals surface area contributed by atoms with Crippen molar-refractivity contribution in [3.8, 4) is 0 Å². The maximum absolute atomic E-state index is 3.74. The van der Waals surface area contributed by atoms with Gasteiger partial charge in [0, 0.05) is 17.5 Å². The molecule has 3 rings (SSSR count). The molecule has 1 aliphatic carbocycles. The van der Waals surface area contributed by atoms with Gasteiger partial charge >= 0.3 is 0 Å². The van der Waals surface area contributed by atoms with Crippen LogP contribution in [0, 0.1) is 5.92 Å². The lowest BCUT2D eigenvalue weighted by atomic mass is 9.80. The van der Waals surface area contributed by atoms with Crippen LogP contribution in [-0.2, 0) is 6.42 Å². The Morgan fingerprint density at radius 3 is 2.93 bits per heavy atom. The first-order valence-electron chi connectivity index (χ1n) is 6.25. The molecule has 15 heavy (non-hydrogen) atoms. The minimum atomic E-state index is 0.681. The quantitative estimate of drug-likeness (QED) is 0.765. The molecule has 0 aromatic carbocycles. The number of rotatable bonds is 1. The van der Waals surface area contributed by atoms with Gasteiger partial charge < -0.3 is 5.32 Å². The highest BCUT2D eigenvalue weighted by Gasteiger charge is 2.28. The third-order valence-electron chi connectivity index (χ3n) is 3.95. The van der Waals surface area contributed by atoms with E-state index in [0.29, 0.717) is 6.04 Å². The summed E-state index contributed by atoms with van der Waals surface area (Å²) in [7, 11) is 0. The zero-order chi connectivity index (χ0) is 10.1. The molecular weight excluding hydrogens is 202 g/mol. The summed E-state index contributed by atoms with van der Waals surface area (Å²) in [4.78, 5) is 1.64. The van der Waals surface area contributed by atoms with Crippen LogP contribution in [0.4, 0.5) is 0 Å². The molecular formula is C13H19NS. The predicted molar refractivity (Wildman–Crippen MR) is 65.3 cm³/mol. The van der Waals surface area contributed by atoms with Gasteiger partial charge in [-0.25, -0.2) is 0 Å². The van der Waals surface area contributed by atoms with Crippen LogP contribution in [-0.4, -0.2) is 6.54 Å². The first-order chi connectivity index (χ1) is 7.45. The molecule has 2 heteroatoms. The zero-order valence-electron chi connectivity index (χ0n) is 9.17. The molecule has 1 aromatic rings. The molecule has 82 valence electrons. The third kappa shape index (κ3) is 1.85. The maximum atomic E-state index is 3.74. The van der Waals surface area contributed by atoms with Crippen LogP contribution in [0.1, 0.15) is 48.6 Å². The number of thiophene rings is 1. The molecule has 1 aromatic heterocycles. The summed E-state index contributed by atoms with van der Waals surface area (Å²) >= 11 is 1.95. The van der Waals surface area contributed by atoms with Gasteiger partial charge in [0.1, 0.15) is 0 Å². The molecule has 1 saturated carbocycles. The van der Waals surface area contributed by atoms with Crippen LogP contribution in [0.15, 0.2) is 11.4 Å². The average Bonchev–Trinajstić information content (AvgIpc) is 2.78. The second-order valence-electron chi connectivity index (χ2n) is 4.88. The van der Waals surface area contributed by atoms with Gasteiger partial charge in [-0.05, 0) is 42.2 Å². The molecule has 0 saturated heterocycles. The Kier molecular flexibility index (Phi) is 2.80. The van der Waals surface area contributed by atoms with E-state index in [9.17, 15) is 0 Å². The van der Waals surface area contributed by atoms with E-state index < -0.39 is 0 Å². The molecule has 1 N–H and O–H groups in total. The van der Waals surface area contributed by atoms with Crippen molar-refractivity contribution >= 4 is 11.3 Å². The largest absolute Gasteiger partial charge is 0.309 e. The predicted octanol–water partition coefficient (Wildman–Crippen LogP) is 3.52. The van der Waals surface area contributed by atoms with Gasteiger partial charge in [-0.1, -0.05) is 19.3 Å². The molecule has 1 aliphatic heterocycles. The van der Waals surface area contributed by atoms with Crippen molar-refractivity contribution in [2.75, 3.05) is 6.54 Å². The van der Waals surface area contributed by atoms with Crippen LogP contribution in [0.3, 0.4) is 0 Å². The van der Waals surface area contributed by atoms with Gasteiger partial charge in [0.15, 0.2) is 0 Å². The van der Waals surface area contributed by atoms with Crippen LogP contribution in [0.2, 0.25) is 0 Å². The molecule has 0 bridgehead atoms. The lowest BCUT2D eigenvalue weighted by molar-refractivity contribution is 0.266. The summed E-state index contributed by atoms with van der Waals surface area (Å²) in [6, 6.07) is 3.03. The van der Waals surface area contributed by atoms with Gasteiger partial charge in [0.25, 0.3) is 0 Å². The van der Waals surface area contributed by atoms with Crippen molar-refractivity contribution < 1.29 is 0 Å². The topological polar surface area (TPSA) is 12.0 Å². The first kappa shape index (κ1) is 9.86. The van der Waals surface area contributed by atoms with Crippen LogP contribution in [0.25, 0.3) is 0 Å². The van der Waals surface area contributed by atoms with Crippen LogP contribution in [0.5, 0.6) is 0 Å². The summed E-state index contributed by atoms with van der Waals surface area (Å²) in [5.74, 6) is 0.910. The minimum absolute atomic E-state index is 0.681. The summed E-state index contributed by atoms with van der Waals surface area (Å²) in [5, 5.41) is 6.01. The van der Waals surface area contributed by atoms with E-state index in [4.69, 9.17) is 0 Å². The second kappa shape index (κ2) is 4.26. The highest BCUT2D eigenvalue weighted by molar-refractivity contribution is 7.10. The summed E-state index contributed by atoms with van der Waals surface area (Å²) in [6.45, 7) is 1.19. The third-order valence-corrected chi connectivity index (χ3v) is 4.95. The fourth-order valence-electron chi connectivity index (χ4n) is 3.17. The van der Waals surface area contributed by atoms with Crippen molar-refractivity contribution in [2.45, 2.75) is 44.6 Å². The van der Waals surface area contributed by atoms with Crippen molar-refractivity contribution in [3.63, 3.8) is 0 Å². The number of nitrogens with one attached hydrogen (secondary N) is 1. The molecule has 1 nitrogen and oxygen atoms in total. The van der Waals surface area contributed by atoms with Gasteiger partial charge in [-0.2, -0.15) is 0 Å². The SMILES string of the molecule is c1cc2c(s1)CCNC2C1CCCCC1. The Morgan fingerprint density at radius 1 is 1.20 bits per heavy atom. The summed E-state index contributed by atoms with van der Waals surface area (Å²) in [6.07, 6.45) is 8.47. The monoisotopic (exact) mass is 221 g/mol. The molecule has 2 aliphatic rings. The van der Waals surface area contributed by atoms with E-state index in [1.54, 1.807) is 10.4 Å². The molecule has 1 unspecified atom stereocenters. The van der Waals surface area contributed by atoms with Crippen LogP contribution < -0.4 is 5.32 Å². The minimum Gasteiger partial charge on any atom is -0.309 e. The van der Waals surface area contributed by atoms with Gasteiger partial charge in [-0.3, -0.25) is 0 Å². The Labute approximate surface area is 95.9 Å². The van der Waals surface area contributed by atoms with E-state index in [1.165, 1.54) is 45.1 Å². The van der Waals surface area contributed by atoms with E-state index >= 15 is 0 Å². The Morgan fingerprint density at radius 2 is 2.07 bits per heavy atom. The van der Waals surface area contributed by atoms with Gasteiger partial charge in [-0.15, -0.1) is 11.3 Å². The molecule has 0 spiro atoms. The first-order valence-corrected chi connectivity index (χ1v) is 7.13. The highest BCUT2D eigenvalue weighted by Crippen LogP contribution is 2.38. The van der Waals surface area contributed by atoms with Crippen molar-refractivity contribution in [1.82, 2.24) is 5.32 Å². The van der Waals surface area contributed by atoms with Crippen LogP contribution >= 0.6 is 11.3 Å². The number of hydrogen-bond acceptors (Lipinski definition) is 2. The van der Waals surface area contributed by atoms with Gasteiger partial charge in [0.05, 0.1) is 0 Å². The molecule has 0 amide bonds. The Bertz CT molecular complexity index is 325. The fraction of sp³-hybridized carbons (Fsp3) is 0.692. The maximum Gasteiger partial charge on any atom is 0.0359 e. The van der Waals surface area contributed by atoms with E-state index in [2.05, 4.69) is 16.8 Å². The standard InChI is InChI=1S/C13H19NS/c1-2-4-10(5-3-1)13-11-7-9-15-12(11)6-8-14-13/h7,9-10,13-14H,1-6,8H2. The number of hydrogen-bond donors (Lipinski definition) is 1. The zero-order valence-corrected chi connectivity index (χ0v) is 9.98. The second-order valence-corrected chi connectivity index (χ2v) is 5.88. The van der Waals surface area contributed by atoms with Crippen molar-refractivity contribution in [1.29, 1.82) is 0 Å². The average molecular weight is 221 g/mol. The lowest BCUT2D eigenvalue weighted by Crippen LogP contribution is -2.34. The Balaban J connectivity index is 1.82. The van der Waals surface area contributed by atoms with E-state index in [1.807, 2.05) is 11.3 Å². The smallest absolute Gasteiger partial charge is 0.0359 e. The van der Waals surface area contributed by atoms with Crippen molar-refractivity contribution in [3.05, 3.63) is 21.9 Å². The van der Waals surface area contributed by atoms with E-state index in [-0.39, 0.29) is 0 Å². The Hall–Kier alpha value is -0.340. The summed E-state index contributed by atoms with van der Waals surface area (Å²) in [5.41, 5.74) is 1.62. The molecule has 1 fully saturated rings. The normalized spacial score (nSPS) is 27.6. The fourth-order valence-corrected chi connectivity index (χ4v) is 4.10. The lowest BCUT2D eigenvalue weighted by Gasteiger charge is -2.34. The molecule has 1 atom stereocenters. The van der Waals surface area contributed by atoms with Crippen molar-refractivity contribution in [2.24, 2.45) is 5.92 Å². The van der Waals surface area contributed by atoms with Gasteiger partial charge in [0.2, 0.25) is 0 Å². The highest BCUT2D eigenvalue weighted by atomic mass is 32.1. The van der Waals surface area contributed by atoms with E-state index in [0.717, 1.165) is 5.92 Å². The summed E-state index contributed by atoms with van der Waals surface area (Å²) < 4.78 is 0. The number of fused-ring (bicyclic) bond motifs is 1.